The van der Waals surface area contributed by atoms with Crippen LogP contribution in [-0.2, 0) is 28.6 Å². The first-order valence-electron chi connectivity index (χ1n) is 29.0. The highest BCUT2D eigenvalue weighted by atomic mass is 16.5. The summed E-state index contributed by atoms with van der Waals surface area (Å²) in [6.45, 7) is 11.1. The molecule has 65 heavy (non-hydrogen) atoms. The number of nitrogens with zero attached hydrogens (tertiary/aromatic N) is 1. The normalized spacial score (nSPS) is 13.0. The minimum absolute atomic E-state index is 0.0226. The van der Waals surface area contributed by atoms with Gasteiger partial charge >= 0.3 is 17.9 Å². The van der Waals surface area contributed by atoms with Crippen LogP contribution in [0.15, 0.2) is 0 Å². The first-order chi connectivity index (χ1) is 31.8. The van der Waals surface area contributed by atoms with Crippen LogP contribution in [0, 0.1) is 11.8 Å². The summed E-state index contributed by atoms with van der Waals surface area (Å²) in [7, 11) is 4.16. The molecule has 7 heteroatoms. The molecule has 0 aromatic heterocycles. The summed E-state index contributed by atoms with van der Waals surface area (Å²) in [5.74, 6) is 0.269. The van der Waals surface area contributed by atoms with Crippen molar-refractivity contribution in [3.63, 3.8) is 0 Å². The summed E-state index contributed by atoms with van der Waals surface area (Å²) in [5, 5.41) is 0. The topological polar surface area (TPSA) is 82.1 Å². The molecular weight excluding hydrogens is 807 g/mol. The molecule has 2 unspecified atom stereocenters. The Hall–Kier alpha value is -1.63. The first kappa shape index (κ1) is 63.4. The van der Waals surface area contributed by atoms with E-state index in [0.29, 0.717) is 19.6 Å². The van der Waals surface area contributed by atoms with Crippen LogP contribution in [0.3, 0.4) is 0 Å². The molecule has 0 spiro atoms. The molecule has 0 aliphatic heterocycles. The van der Waals surface area contributed by atoms with Crippen molar-refractivity contribution in [2.45, 2.75) is 310 Å². The molecule has 0 rings (SSSR count). The van der Waals surface area contributed by atoms with E-state index in [4.69, 9.17) is 14.2 Å². The van der Waals surface area contributed by atoms with E-state index in [1.165, 1.54) is 154 Å². The van der Waals surface area contributed by atoms with E-state index in [9.17, 15) is 14.4 Å². The number of hydrogen-bond acceptors (Lipinski definition) is 7. The fourth-order valence-corrected chi connectivity index (χ4v) is 9.24. The molecule has 7 nitrogen and oxygen atoms in total. The molecule has 0 saturated heterocycles. The zero-order valence-corrected chi connectivity index (χ0v) is 44.7. The van der Waals surface area contributed by atoms with Gasteiger partial charge < -0.3 is 19.1 Å². The predicted octanol–water partition coefficient (Wildman–Crippen LogP) is 17.6. The number of carbonyl (C=O) groups excluding carboxylic acids is 3. The van der Waals surface area contributed by atoms with Gasteiger partial charge in [-0.3, -0.25) is 14.4 Å². The van der Waals surface area contributed by atoms with Crippen molar-refractivity contribution in [1.29, 1.82) is 0 Å². The summed E-state index contributed by atoms with van der Waals surface area (Å²) >= 11 is 0. The van der Waals surface area contributed by atoms with Crippen LogP contribution in [0.4, 0.5) is 0 Å². The van der Waals surface area contributed by atoms with Crippen molar-refractivity contribution < 1.29 is 28.6 Å². The van der Waals surface area contributed by atoms with E-state index < -0.39 is 0 Å². The van der Waals surface area contributed by atoms with Crippen molar-refractivity contribution >= 4 is 17.9 Å². The Balaban J connectivity index is 4.45. The maximum absolute atomic E-state index is 13.0. The van der Waals surface area contributed by atoms with Gasteiger partial charge in [-0.25, -0.2) is 0 Å². The molecule has 0 radical (unpaired) electrons. The van der Waals surface area contributed by atoms with Crippen LogP contribution in [0.2, 0.25) is 0 Å². The van der Waals surface area contributed by atoms with Crippen LogP contribution >= 0.6 is 0 Å². The van der Waals surface area contributed by atoms with E-state index in [0.717, 1.165) is 122 Å². The Morgan fingerprint density at radius 1 is 0.354 bits per heavy atom. The van der Waals surface area contributed by atoms with Gasteiger partial charge in [0.25, 0.3) is 0 Å². The molecule has 0 heterocycles. The molecule has 0 aliphatic rings. The van der Waals surface area contributed by atoms with Crippen LogP contribution in [0.5, 0.6) is 0 Å². The van der Waals surface area contributed by atoms with Crippen LogP contribution in [0.1, 0.15) is 304 Å². The molecule has 386 valence electrons. The Morgan fingerprint density at radius 3 is 0.985 bits per heavy atom. The third kappa shape index (κ3) is 44.6. The fraction of sp³-hybridized carbons (Fsp3) is 0.948. The summed E-state index contributed by atoms with van der Waals surface area (Å²) in [4.78, 5) is 41.0. The molecule has 0 bridgehead atoms. The Kier molecular flexibility index (Phi) is 49.0. The van der Waals surface area contributed by atoms with E-state index in [1.54, 1.807) is 0 Å². The number of unbranched alkanes of at least 4 members (excludes halogenated alkanes) is 29. The van der Waals surface area contributed by atoms with Gasteiger partial charge in [-0.05, 0) is 97.7 Å². The zero-order chi connectivity index (χ0) is 47.7. The van der Waals surface area contributed by atoms with Gasteiger partial charge in [0.2, 0.25) is 0 Å². The zero-order valence-electron chi connectivity index (χ0n) is 44.7. The lowest BCUT2D eigenvalue weighted by molar-refractivity contribution is -0.150. The predicted molar refractivity (Wildman–Crippen MR) is 279 cm³/mol. The second kappa shape index (κ2) is 50.3. The van der Waals surface area contributed by atoms with Crippen molar-refractivity contribution in [3.05, 3.63) is 0 Å². The van der Waals surface area contributed by atoms with Crippen LogP contribution in [0.25, 0.3) is 0 Å². The third-order valence-electron chi connectivity index (χ3n) is 13.7. The van der Waals surface area contributed by atoms with Crippen molar-refractivity contribution in [2.24, 2.45) is 11.8 Å². The highest BCUT2D eigenvalue weighted by Crippen LogP contribution is 2.23. The van der Waals surface area contributed by atoms with Crippen molar-refractivity contribution in [2.75, 3.05) is 33.9 Å². The minimum Gasteiger partial charge on any atom is -0.465 e. The maximum Gasteiger partial charge on any atom is 0.308 e. The van der Waals surface area contributed by atoms with E-state index in [1.807, 2.05) is 0 Å². The van der Waals surface area contributed by atoms with Gasteiger partial charge in [-0.2, -0.15) is 0 Å². The molecule has 0 aromatic carbocycles. The number of hydrogen-bond donors (Lipinski definition) is 0. The quantitative estimate of drug-likeness (QED) is 0.0341. The molecule has 0 aliphatic carbocycles. The largest absolute Gasteiger partial charge is 0.465 e. The summed E-state index contributed by atoms with van der Waals surface area (Å²) in [6.07, 6.45) is 49.2. The summed E-state index contributed by atoms with van der Waals surface area (Å²) < 4.78 is 17.7. The lowest BCUT2D eigenvalue weighted by atomic mass is 9.94. The second-order valence-corrected chi connectivity index (χ2v) is 20.4. The molecule has 0 aromatic rings. The monoisotopic (exact) mass is 920 g/mol. The van der Waals surface area contributed by atoms with Crippen LogP contribution in [-0.4, -0.2) is 62.8 Å². The average Bonchev–Trinajstić information content (AvgIpc) is 3.29. The lowest BCUT2D eigenvalue weighted by Gasteiger charge is -2.18. The van der Waals surface area contributed by atoms with E-state index >= 15 is 0 Å². The number of carbonyl (C=O) groups is 3. The average molecular weight is 921 g/mol. The number of esters is 3. The Morgan fingerprint density at radius 2 is 0.646 bits per heavy atom. The summed E-state index contributed by atoms with van der Waals surface area (Å²) in [5.41, 5.74) is 0. The smallest absolute Gasteiger partial charge is 0.308 e. The standard InChI is InChI=1S/C58H113NO6/c1-7-11-15-19-27-35-45-53(43-33-17-13-9-3)57(61)63-51-41-31-25-21-23-29-37-47-55(65-56(60)49-39-40-50-59(5)6)48-38-30-24-22-26-32-42-52-64-58(62)54(44-34-18-14-10-4)46-36-28-20-16-12-8-2/h53-55H,7-52H2,1-6H3. The van der Waals surface area contributed by atoms with Crippen molar-refractivity contribution in [1.82, 2.24) is 4.90 Å². The second-order valence-electron chi connectivity index (χ2n) is 20.4. The van der Waals surface area contributed by atoms with E-state index in [-0.39, 0.29) is 35.8 Å². The van der Waals surface area contributed by atoms with E-state index in [2.05, 4.69) is 46.7 Å². The first-order valence-corrected chi connectivity index (χ1v) is 29.0. The molecule has 0 amide bonds. The number of ether oxygens (including phenoxy) is 3. The third-order valence-corrected chi connectivity index (χ3v) is 13.7. The van der Waals surface area contributed by atoms with Gasteiger partial charge in [0, 0.05) is 6.42 Å². The summed E-state index contributed by atoms with van der Waals surface area (Å²) in [6, 6.07) is 0. The Labute approximate surface area is 405 Å². The maximum atomic E-state index is 13.0. The van der Waals surface area contributed by atoms with Crippen molar-refractivity contribution in [3.8, 4) is 0 Å². The van der Waals surface area contributed by atoms with Gasteiger partial charge in [0.05, 0.1) is 25.0 Å². The lowest BCUT2D eigenvalue weighted by Crippen LogP contribution is -2.19. The highest BCUT2D eigenvalue weighted by Gasteiger charge is 2.21. The fourth-order valence-electron chi connectivity index (χ4n) is 9.24. The SMILES string of the molecule is CCCCCCCCC(CCCCCC)C(=O)OCCCCCCCCCC(CCCCCCCCCOC(=O)C(CCCCCC)CCCCCCCC)OC(=O)CCCCN(C)C. The van der Waals surface area contributed by atoms with Gasteiger partial charge in [0.1, 0.15) is 6.10 Å². The van der Waals surface area contributed by atoms with Crippen LogP contribution < -0.4 is 0 Å². The molecule has 2 atom stereocenters. The molecule has 0 saturated carbocycles. The number of rotatable bonds is 52. The van der Waals surface area contributed by atoms with Gasteiger partial charge in [-0.1, -0.05) is 220 Å². The van der Waals surface area contributed by atoms with Gasteiger partial charge in [0.15, 0.2) is 0 Å². The molecular formula is C58H113NO6. The molecule has 0 fully saturated rings. The Bertz CT molecular complexity index is 954. The van der Waals surface area contributed by atoms with Gasteiger partial charge in [-0.15, -0.1) is 0 Å². The molecule has 0 N–H and O–H groups in total. The highest BCUT2D eigenvalue weighted by molar-refractivity contribution is 5.72. The minimum atomic E-state index is -0.0226.